The Morgan fingerprint density at radius 2 is 1.44 bits per heavy atom. The number of carbonyl (C=O) groups excluding carboxylic acids is 1. The fourth-order valence-electron chi connectivity index (χ4n) is 3.96. The second-order valence-corrected chi connectivity index (χ2v) is 9.42. The quantitative estimate of drug-likeness (QED) is 0.109. The molecule has 1 aromatic heterocycles. The van der Waals surface area contributed by atoms with E-state index in [9.17, 15) is 9.18 Å². The number of nitrogens with zero attached hydrogens (tertiary/aromatic N) is 3. The van der Waals surface area contributed by atoms with Crippen molar-refractivity contribution in [3.63, 3.8) is 0 Å². The van der Waals surface area contributed by atoms with Gasteiger partial charge in [0.25, 0.3) is 5.91 Å². The van der Waals surface area contributed by atoms with Crippen LogP contribution in [0.4, 0.5) is 27.9 Å². The first-order chi connectivity index (χ1) is 21.1. The third-order valence-corrected chi connectivity index (χ3v) is 6.08. The molecule has 0 saturated heterocycles. The molecule has 0 aliphatic carbocycles. The van der Waals surface area contributed by atoms with Gasteiger partial charge < -0.3 is 36.5 Å². The summed E-state index contributed by atoms with van der Waals surface area (Å²) in [5.74, 6) is 0.509. The minimum Gasteiger partial charge on any atom is -0.378 e. The average molecular weight is 589 g/mol. The highest BCUT2D eigenvalue weighted by atomic mass is 19.1. The average Bonchev–Trinajstić information content (AvgIpc) is 3.02. The molecule has 0 aliphatic rings. The van der Waals surface area contributed by atoms with Gasteiger partial charge in [-0.25, -0.2) is 4.39 Å². The summed E-state index contributed by atoms with van der Waals surface area (Å²) in [4.78, 5) is 26.0. The number of hydrogen-bond donors (Lipinski definition) is 5. The van der Waals surface area contributed by atoms with Gasteiger partial charge in [-0.05, 0) is 53.9 Å². The van der Waals surface area contributed by atoms with E-state index in [1.165, 1.54) is 17.7 Å². The van der Waals surface area contributed by atoms with Crippen LogP contribution >= 0.6 is 0 Å². The zero-order chi connectivity index (χ0) is 30.1. The maximum Gasteiger partial charge on any atom is 0.251 e. The molecule has 6 N–H and O–H groups in total. The Morgan fingerprint density at radius 3 is 2.19 bits per heavy atom. The van der Waals surface area contributed by atoms with Gasteiger partial charge in [-0.15, -0.1) is 0 Å². The fourth-order valence-corrected chi connectivity index (χ4v) is 3.96. The van der Waals surface area contributed by atoms with Crippen LogP contribution in [-0.4, -0.2) is 66.9 Å². The number of aromatic nitrogens is 3. The van der Waals surface area contributed by atoms with Crippen LogP contribution in [0.25, 0.3) is 0 Å². The minimum atomic E-state index is -0.310. The van der Waals surface area contributed by atoms with Crippen molar-refractivity contribution in [2.24, 2.45) is 5.73 Å². The molecule has 4 aromatic rings. The lowest BCUT2D eigenvalue weighted by molar-refractivity contribution is 0.0511. The van der Waals surface area contributed by atoms with Crippen molar-refractivity contribution in [3.8, 4) is 0 Å². The van der Waals surface area contributed by atoms with Gasteiger partial charge in [-0.2, -0.15) is 15.0 Å². The van der Waals surface area contributed by atoms with E-state index in [4.69, 9.17) is 15.2 Å². The third-order valence-electron chi connectivity index (χ3n) is 6.08. The predicted molar refractivity (Wildman–Crippen MR) is 165 cm³/mol. The molecule has 11 nitrogen and oxygen atoms in total. The number of ether oxygens (including phenoxy) is 2. The second kappa shape index (κ2) is 17.3. The molecule has 0 fully saturated rings. The molecule has 0 aliphatic heterocycles. The fraction of sp³-hybridized carbons (Fsp3) is 0.290. The van der Waals surface area contributed by atoms with Crippen molar-refractivity contribution in [1.82, 2.24) is 20.3 Å². The normalized spacial score (nSPS) is 10.7. The third kappa shape index (κ3) is 11.3. The van der Waals surface area contributed by atoms with Gasteiger partial charge in [0, 0.05) is 37.4 Å². The number of amides is 1. The summed E-state index contributed by atoms with van der Waals surface area (Å²) in [6.45, 7) is 3.61. The van der Waals surface area contributed by atoms with Gasteiger partial charge in [-0.3, -0.25) is 4.79 Å². The standard InChI is InChI=1S/C31H37FN8O3/c32-26-8-4-7-24(21-26)22-36-30-38-29(35-15-13-23-5-2-1-3-6-23)39-31(40-30)37-27-11-9-25(10-12-27)28(41)34-16-18-43-20-19-42-17-14-33/h1-12,21H,13-20,22,33H2,(H,34,41)(H3,35,36,37,38,39,40). The van der Waals surface area contributed by atoms with Crippen LogP contribution < -0.4 is 27.0 Å². The first kappa shape index (κ1) is 31.3. The Labute approximate surface area is 250 Å². The van der Waals surface area contributed by atoms with Crippen molar-refractivity contribution in [1.29, 1.82) is 0 Å². The number of carbonyl (C=O) groups is 1. The maximum absolute atomic E-state index is 13.6. The van der Waals surface area contributed by atoms with Crippen molar-refractivity contribution >= 4 is 29.4 Å². The highest BCUT2D eigenvalue weighted by Gasteiger charge is 2.10. The molecule has 0 spiro atoms. The molecule has 4 rings (SSSR count). The summed E-state index contributed by atoms with van der Waals surface area (Å²) in [5, 5.41) is 12.4. The van der Waals surface area contributed by atoms with E-state index in [2.05, 4.69) is 48.4 Å². The first-order valence-corrected chi connectivity index (χ1v) is 14.1. The molecular formula is C31H37FN8O3. The van der Waals surface area contributed by atoms with Gasteiger partial charge in [0.2, 0.25) is 17.8 Å². The van der Waals surface area contributed by atoms with Crippen LogP contribution in [0, 0.1) is 5.82 Å². The van der Waals surface area contributed by atoms with E-state index in [0.717, 1.165) is 12.0 Å². The number of anilines is 4. The van der Waals surface area contributed by atoms with Gasteiger partial charge in [-0.1, -0.05) is 42.5 Å². The van der Waals surface area contributed by atoms with E-state index in [1.807, 2.05) is 24.3 Å². The molecule has 0 radical (unpaired) electrons. The van der Waals surface area contributed by atoms with E-state index in [-0.39, 0.29) is 11.7 Å². The second-order valence-electron chi connectivity index (χ2n) is 9.42. The van der Waals surface area contributed by atoms with Crippen LogP contribution in [-0.2, 0) is 22.4 Å². The summed E-state index contributed by atoms with van der Waals surface area (Å²) < 4.78 is 24.3. The summed E-state index contributed by atoms with van der Waals surface area (Å²) in [6, 6.07) is 23.4. The molecule has 0 bridgehead atoms. The lowest BCUT2D eigenvalue weighted by Gasteiger charge is -2.12. The Bertz CT molecular complexity index is 1410. The van der Waals surface area contributed by atoms with Crippen LogP contribution in [0.1, 0.15) is 21.5 Å². The zero-order valence-electron chi connectivity index (χ0n) is 23.9. The van der Waals surface area contributed by atoms with Gasteiger partial charge in [0.15, 0.2) is 0 Å². The molecule has 226 valence electrons. The largest absolute Gasteiger partial charge is 0.378 e. The SMILES string of the molecule is NCCOCCOCCNC(=O)c1ccc(Nc2nc(NCCc3ccccc3)nc(NCc3cccc(F)c3)n2)cc1. The molecule has 0 unspecified atom stereocenters. The van der Waals surface area contributed by atoms with E-state index in [0.29, 0.717) is 81.7 Å². The summed E-state index contributed by atoms with van der Waals surface area (Å²) >= 11 is 0. The zero-order valence-corrected chi connectivity index (χ0v) is 23.9. The predicted octanol–water partition coefficient (Wildman–Crippen LogP) is 3.74. The van der Waals surface area contributed by atoms with E-state index >= 15 is 0 Å². The Kier molecular flexibility index (Phi) is 12.6. The first-order valence-electron chi connectivity index (χ1n) is 14.1. The Balaban J connectivity index is 1.34. The number of halogens is 1. The molecule has 1 heterocycles. The minimum absolute atomic E-state index is 0.205. The van der Waals surface area contributed by atoms with Crippen LogP contribution in [0.3, 0.4) is 0 Å². The van der Waals surface area contributed by atoms with Crippen molar-refractivity contribution in [3.05, 3.63) is 101 Å². The van der Waals surface area contributed by atoms with Crippen LogP contribution in [0.15, 0.2) is 78.9 Å². The molecule has 12 heteroatoms. The highest BCUT2D eigenvalue weighted by Crippen LogP contribution is 2.18. The van der Waals surface area contributed by atoms with E-state index in [1.54, 1.807) is 30.3 Å². The number of nitrogens with one attached hydrogen (secondary N) is 4. The number of nitrogens with two attached hydrogens (primary N) is 1. The summed E-state index contributed by atoms with van der Waals surface area (Å²) in [6.07, 6.45) is 0.792. The Hall–Kier alpha value is -4.65. The number of rotatable bonds is 18. The summed E-state index contributed by atoms with van der Waals surface area (Å²) in [5.41, 5.74) is 8.51. The van der Waals surface area contributed by atoms with Crippen molar-refractivity contribution in [2.45, 2.75) is 13.0 Å². The number of benzene rings is 3. The molecule has 43 heavy (non-hydrogen) atoms. The lowest BCUT2D eigenvalue weighted by Crippen LogP contribution is -2.27. The van der Waals surface area contributed by atoms with Crippen LogP contribution in [0.2, 0.25) is 0 Å². The number of hydrogen-bond acceptors (Lipinski definition) is 10. The molecule has 0 saturated carbocycles. The van der Waals surface area contributed by atoms with Crippen molar-refractivity contribution < 1.29 is 18.7 Å². The highest BCUT2D eigenvalue weighted by molar-refractivity contribution is 5.94. The molecular weight excluding hydrogens is 551 g/mol. The maximum atomic E-state index is 13.6. The van der Waals surface area contributed by atoms with Gasteiger partial charge in [0.1, 0.15) is 5.82 Å². The Morgan fingerprint density at radius 1 is 0.744 bits per heavy atom. The molecule has 0 atom stereocenters. The topological polar surface area (TPSA) is 148 Å². The van der Waals surface area contributed by atoms with Gasteiger partial charge in [0.05, 0.1) is 26.4 Å². The monoisotopic (exact) mass is 588 g/mol. The van der Waals surface area contributed by atoms with Gasteiger partial charge >= 0.3 is 0 Å². The lowest BCUT2D eigenvalue weighted by atomic mass is 10.1. The smallest absolute Gasteiger partial charge is 0.251 e. The molecule has 3 aromatic carbocycles. The van der Waals surface area contributed by atoms with Crippen LogP contribution in [0.5, 0.6) is 0 Å². The van der Waals surface area contributed by atoms with Crippen molar-refractivity contribution in [2.75, 3.05) is 62.0 Å². The summed E-state index contributed by atoms with van der Waals surface area (Å²) in [7, 11) is 0. The van der Waals surface area contributed by atoms with E-state index < -0.39 is 0 Å². The molecule has 1 amide bonds.